The summed E-state index contributed by atoms with van der Waals surface area (Å²) in [7, 11) is 5.51. The number of hydrogen-bond acceptors (Lipinski definition) is 6. The molecule has 0 radical (unpaired) electrons. The fourth-order valence-electron chi connectivity index (χ4n) is 6.00. The van der Waals surface area contributed by atoms with Crippen molar-refractivity contribution in [2.24, 2.45) is 0 Å². The number of likely N-dealkylation sites (N-methyl/N-ethyl adjacent to an activating group) is 1. The number of rotatable bonds is 38. The van der Waals surface area contributed by atoms with E-state index in [1.165, 1.54) is 25.7 Å². The second-order valence-corrected chi connectivity index (χ2v) is 15.5. The number of carboxylic acid groups (broad SMARTS) is 1. The van der Waals surface area contributed by atoms with E-state index in [4.69, 9.17) is 14.2 Å². The van der Waals surface area contributed by atoms with Crippen molar-refractivity contribution in [2.75, 3.05) is 41.0 Å². The van der Waals surface area contributed by atoms with Gasteiger partial charge in [-0.1, -0.05) is 138 Å². The van der Waals surface area contributed by atoms with Crippen molar-refractivity contribution in [1.82, 2.24) is 0 Å². The molecule has 0 aliphatic rings. The van der Waals surface area contributed by atoms with Crippen molar-refractivity contribution in [3.63, 3.8) is 0 Å². The first-order valence-corrected chi connectivity index (χ1v) is 22.0. The molecule has 2 atom stereocenters. The molecule has 0 saturated carbocycles. The van der Waals surface area contributed by atoms with Gasteiger partial charge >= 0.3 is 17.9 Å². The van der Waals surface area contributed by atoms with E-state index in [0.717, 1.165) is 103 Å². The Labute approximate surface area is 342 Å². The predicted molar refractivity (Wildman–Crippen MR) is 233 cm³/mol. The number of unbranched alkanes of at least 4 members (excludes halogenated alkanes) is 12. The van der Waals surface area contributed by atoms with Crippen molar-refractivity contribution >= 4 is 17.9 Å². The van der Waals surface area contributed by atoms with Crippen LogP contribution < -0.4 is 0 Å². The number of esters is 2. The molecule has 8 nitrogen and oxygen atoms in total. The SMILES string of the molecule is CC/C=C/C/C=C/C/C=C/CCCCCCCCC(=O)OCC(COCCC(C(=O)O)[N+](C)(C)C)OC(=O)CCCCCCCC/C=C/C/C=C/C/C=C/CC. The molecule has 1 N–H and O–H groups in total. The highest BCUT2D eigenvalue weighted by molar-refractivity contribution is 5.72. The number of aliphatic carboxylic acids is 1. The Hall–Kier alpha value is -3.23. The lowest BCUT2D eigenvalue weighted by molar-refractivity contribution is -0.887. The smallest absolute Gasteiger partial charge is 0.362 e. The van der Waals surface area contributed by atoms with Gasteiger partial charge in [-0.3, -0.25) is 9.59 Å². The van der Waals surface area contributed by atoms with Crippen LogP contribution in [0.2, 0.25) is 0 Å². The fourth-order valence-corrected chi connectivity index (χ4v) is 6.00. The van der Waals surface area contributed by atoms with Gasteiger partial charge in [0.05, 0.1) is 34.4 Å². The largest absolute Gasteiger partial charge is 0.477 e. The number of carbonyl (C=O) groups is 3. The van der Waals surface area contributed by atoms with E-state index in [0.29, 0.717) is 19.3 Å². The lowest BCUT2D eigenvalue weighted by atomic mass is 10.1. The van der Waals surface area contributed by atoms with Gasteiger partial charge in [-0.15, -0.1) is 0 Å². The van der Waals surface area contributed by atoms with Gasteiger partial charge in [0.1, 0.15) is 6.61 Å². The van der Waals surface area contributed by atoms with Crippen LogP contribution in [0.4, 0.5) is 0 Å². The molecular weight excluding hydrogens is 703 g/mol. The maximum Gasteiger partial charge on any atom is 0.362 e. The van der Waals surface area contributed by atoms with E-state index in [1.807, 2.05) is 21.1 Å². The molecule has 0 aliphatic carbocycles. The van der Waals surface area contributed by atoms with Crippen LogP contribution in [0.3, 0.4) is 0 Å². The van der Waals surface area contributed by atoms with Crippen LogP contribution >= 0.6 is 0 Å². The Balaban J connectivity index is 4.40. The average molecular weight is 785 g/mol. The Bertz CT molecular complexity index is 1140. The van der Waals surface area contributed by atoms with Crippen LogP contribution in [-0.2, 0) is 28.6 Å². The van der Waals surface area contributed by atoms with Crippen LogP contribution in [0, 0.1) is 0 Å². The lowest BCUT2D eigenvalue weighted by Crippen LogP contribution is -2.50. The summed E-state index contributed by atoms with van der Waals surface area (Å²) in [5, 5.41) is 9.62. The molecule has 320 valence electrons. The Morgan fingerprint density at radius 2 is 0.946 bits per heavy atom. The van der Waals surface area contributed by atoms with Crippen molar-refractivity contribution in [1.29, 1.82) is 0 Å². The molecule has 8 heteroatoms. The molecule has 56 heavy (non-hydrogen) atoms. The summed E-state index contributed by atoms with van der Waals surface area (Å²) in [6.07, 6.45) is 48.0. The minimum absolute atomic E-state index is 0.0477. The van der Waals surface area contributed by atoms with Gasteiger partial charge in [-0.25, -0.2) is 4.79 Å². The van der Waals surface area contributed by atoms with Crippen molar-refractivity contribution < 1.29 is 38.2 Å². The van der Waals surface area contributed by atoms with Gasteiger partial charge in [0, 0.05) is 19.3 Å². The number of allylic oxidation sites excluding steroid dienone is 12. The minimum Gasteiger partial charge on any atom is -0.477 e. The zero-order valence-corrected chi connectivity index (χ0v) is 36.3. The summed E-state index contributed by atoms with van der Waals surface area (Å²) in [6.45, 7) is 4.47. The molecule has 0 aliphatic heterocycles. The highest BCUT2D eigenvalue weighted by Crippen LogP contribution is 2.13. The molecule has 0 saturated heterocycles. The summed E-state index contributed by atoms with van der Waals surface area (Å²) in [6, 6.07) is -0.622. The molecule has 0 aromatic heterocycles. The van der Waals surface area contributed by atoms with Crippen LogP contribution in [0.1, 0.15) is 162 Å². The normalized spacial score (nSPS) is 13.7. The third-order valence-corrected chi connectivity index (χ3v) is 9.35. The first-order chi connectivity index (χ1) is 27.1. The van der Waals surface area contributed by atoms with Crippen LogP contribution in [0.15, 0.2) is 72.9 Å². The average Bonchev–Trinajstić information content (AvgIpc) is 3.15. The quantitative estimate of drug-likeness (QED) is 0.0288. The third-order valence-electron chi connectivity index (χ3n) is 9.35. The second-order valence-electron chi connectivity index (χ2n) is 15.5. The Kier molecular flexibility index (Phi) is 36.4. The van der Waals surface area contributed by atoms with Crippen molar-refractivity contribution in [2.45, 2.75) is 174 Å². The van der Waals surface area contributed by atoms with E-state index in [1.54, 1.807) is 0 Å². The molecular formula is C48H82NO7+. The number of quaternary nitrogens is 1. The van der Waals surface area contributed by atoms with E-state index in [-0.39, 0.29) is 36.2 Å². The highest BCUT2D eigenvalue weighted by Gasteiger charge is 2.31. The lowest BCUT2D eigenvalue weighted by Gasteiger charge is -2.31. The van der Waals surface area contributed by atoms with E-state index in [9.17, 15) is 19.5 Å². The standard InChI is InChI=1S/C48H81NO7/c1-6-8-10-12-14-16-18-20-22-24-26-28-30-32-34-36-38-46(50)55-43-44(42-54-41-40-45(48(52)53)49(3,4)5)56-47(51)39-37-35-33-31-29-27-25-23-21-19-17-15-13-11-9-7-2/h8-11,14-17,20-23,44-45H,6-7,12-13,18-19,24-43H2,1-5H3/p+1/b10-8+,11-9+,16-14+,17-15+,22-20+,23-21+. The molecule has 0 heterocycles. The monoisotopic (exact) mass is 785 g/mol. The molecule has 2 unspecified atom stereocenters. The summed E-state index contributed by atoms with van der Waals surface area (Å²) < 4.78 is 17.3. The predicted octanol–water partition coefficient (Wildman–Crippen LogP) is 12.0. The van der Waals surface area contributed by atoms with Gasteiger partial charge < -0.3 is 23.8 Å². The fraction of sp³-hybridized carbons (Fsp3) is 0.688. The summed E-state index contributed by atoms with van der Waals surface area (Å²) >= 11 is 0. The van der Waals surface area contributed by atoms with Crippen LogP contribution in [-0.4, -0.2) is 80.6 Å². The highest BCUT2D eigenvalue weighted by atomic mass is 16.6. The first kappa shape index (κ1) is 52.8. The topological polar surface area (TPSA) is 99.1 Å². The number of carbonyl (C=O) groups excluding carboxylic acids is 2. The summed E-state index contributed by atoms with van der Waals surface area (Å²) in [5.74, 6) is -1.51. The first-order valence-electron chi connectivity index (χ1n) is 22.0. The van der Waals surface area contributed by atoms with Crippen molar-refractivity contribution in [3.8, 4) is 0 Å². The molecule has 0 aromatic carbocycles. The van der Waals surface area contributed by atoms with E-state index in [2.05, 4.69) is 86.8 Å². The Morgan fingerprint density at radius 1 is 0.536 bits per heavy atom. The number of carboxylic acids is 1. The van der Waals surface area contributed by atoms with Gasteiger partial charge in [-0.05, 0) is 77.0 Å². The minimum atomic E-state index is -0.882. The molecule has 0 bridgehead atoms. The molecule has 0 aromatic rings. The number of nitrogens with zero attached hydrogens (tertiary/aromatic N) is 1. The molecule has 0 rings (SSSR count). The molecule has 0 fully saturated rings. The summed E-state index contributed by atoms with van der Waals surface area (Å²) in [5.41, 5.74) is 0. The zero-order chi connectivity index (χ0) is 41.4. The number of ether oxygens (including phenoxy) is 3. The summed E-state index contributed by atoms with van der Waals surface area (Å²) in [4.78, 5) is 37.0. The van der Waals surface area contributed by atoms with Crippen LogP contribution in [0.5, 0.6) is 0 Å². The third kappa shape index (κ3) is 36.4. The number of hydrogen-bond donors (Lipinski definition) is 1. The van der Waals surface area contributed by atoms with Gasteiger partial charge in [-0.2, -0.15) is 0 Å². The van der Waals surface area contributed by atoms with Gasteiger partial charge in [0.2, 0.25) is 0 Å². The van der Waals surface area contributed by atoms with Crippen LogP contribution in [0.25, 0.3) is 0 Å². The Morgan fingerprint density at radius 3 is 1.39 bits per heavy atom. The molecule has 0 spiro atoms. The van der Waals surface area contributed by atoms with Gasteiger partial charge in [0.25, 0.3) is 0 Å². The maximum absolute atomic E-state index is 12.7. The second kappa shape index (κ2) is 38.6. The van der Waals surface area contributed by atoms with Crippen molar-refractivity contribution in [3.05, 3.63) is 72.9 Å². The van der Waals surface area contributed by atoms with Gasteiger partial charge in [0.15, 0.2) is 12.1 Å². The van der Waals surface area contributed by atoms with E-state index >= 15 is 0 Å². The van der Waals surface area contributed by atoms with E-state index < -0.39 is 18.1 Å². The molecule has 0 amide bonds. The maximum atomic E-state index is 12.7. The zero-order valence-electron chi connectivity index (χ0n) is 36.3.